The van der Waals surface area contributed by atoms with Gasteiger partial charge in [-0.25, -0.2) is 18.1 Å². The molecule has 0 unspecified atom stereocenters. The standard InChI is InChI=1S/C10H11N5O4S/c1-11-8-6-7(15(16)17)2-3-9(8)20(18,19)14-10-12-4-5-13-10/h2-6,11H,1H3,(H2,12,13,14). The topological polar surface area (TPSA) is 130 Å². The third-order valence-electron chi connectivity index (χ3n) is 2.46. The molecule has 0 spiro atoms. The summed E-state index contributed by atoms with van der Waals surface area (Å²) in [6, 6.07) is 3.43. The molecule has 0 saturated carbocycles. The van der Waals surface area contributed by atoms with Gasteiger partial charge < -0.3 is 10.3 Å². The molecule has 0 aliphatic carbocycles. The second kappa shape index (κ2) is 5.17. The highest BCUT2D eigenvalue weighted by molar-refractivity contribution is 7.92. The second-order valence-electron chi connectivity index (χ2n) is 3.73. The van der Waals surface area contributed by atoms with E-state index < -0.39 is 14.9 Å². The van der Waals surface area contributed by atoms with Gasteiger partial charge >= 0.3 is 0 Å². The Labute approximate surface area is 114 Å². The number of aromatic nitrogens is 2. The maximum absolute atomic E-state index is 12.2. The lowest BCUT2D eigenvalue weighted by molar-refractivity contribution is -0.384. The van der Waals surface area contributed by atoms with E-state index in [2.05, 4.69) is 20.0 Å². The maximum atomic E-state index is 12.2. The van der Waals surface area contributed by atoms with Crippen molar-refractivity contribution in [2.45, 2.75) is 4.90 Å². The lowest BCUT2D eigenvalue weighted by atomic mass is 10.3. The average molecular weight is 297 g/mol. The zero-order valence-electron chi connectivity index (χ0n) is 10.3. The minimum absolute atomic E-state index is 0.0606. The molecular formula is C10H11N5O4S. The molecule has 1 heterocycles. The van der Waals surface area contributed by atoms with Crippen LogP contribution in [0.1, 0.15) is 0 Å². The van der Waals surface area contributed by atoms with Crippen molar-refractivity contribution in [1.29, 1.82) is 0 Å². The van der Waals surface area contributed by atoms with Crippen molar-refractivity contribution in [3.05, 3.63) is 40.7 Å². The summed E-state index contributed by atoms with van der Waals surface area (Å²) >= 11 is 0. The largest absolute Gasteiger partial charge is 0.387 e. The van der Waals surface area contributed by atoms with Gasteiger partial charge in [0.15, 0.2) is 0 Å². The Bertz CT molecular complexity index is 726. The fraction of sp³-hybridized carbons (Fsp3) is 0.100. The Morgan fingerprint density at radius 2 is 2.15 bits per heavy atom. The lowest BCUT2D eigenvalue weighted by Gasteiger charge is -2.10. The molecule has 0 aliphatic heterocycles. The van der Waals surface area contributed by atoms with Gasteiger partial charge in [-0.15, -0.1) is 0 Å². The predicted octanol–water partition coefficient (Wildman–Crippen LogP) is 1.16. The van der Waals surface area contributed by atoms with Crippen molar-refractivity contribution >= 4 is 27.3 Å². The van der Waals surface area contributed by atoms with E-state index in [1.54, 1.807) is 0 Å². The van der Waals surface area contributed by atoms with Gasteiger partial charge in [0.25, 0.3) is 15.7 Å². The maximum Gasteiger partial charge on any atom is 0.271 e. The molecule has 20 heavy (non-hydrogen) atoms. The van der Waals surface area contributed by atoms with Gasteiger partial charge in [0.1, 0.15) is 4.90 Å². The van der Waals surface area contributed by atoms with Crippen molar-refractivity contribution in [3.8, 4) is 0 Å². The number of nitrogens with one attached hydrogen (secondary N) is 3. The van der Waals surface area contributed by atoms with Crippen LogP contribution in [-0.4, -0.2) is 30.4 Å². The molecule has 1 aromatic carbocycles. The Kier molecular flexibility index (Phi) is 3.57. The number of aromatic amines is 1. The summed E-state index contributed by atoms with van der Waals surface area (Å²) in [6.07, 6.45) is 2.86. The molecule has 0 fully saturated rings. The molecule has 0 atom stereocenters. The number of benzene rings is 1. The molecular weight excluding hydrogens is 286 g/mol. The van der Waals surface area contributed by atoms with E-state index in [0.29, 0.717) is 0 Å². The quantitative estimate of drug-likeness (QED) is 0.560. The van der Waals surface area contributed by atoms with Crippen LogP contribution in [0.5, 0.6) is 0 Å². The number of anilines is 2. The number of nitrogens with zero attached hydrogens (tertiary/aromatic N) is 2. The van der Waals surface area contributed by atoms with E-state index in [9.17, 15) is 18.5 Å². The van der Waals surface area contributed by atoms with Crippen LogP contribution in [0.25, 0.3) is 0 Å². The molecule has 10 heteroatoms. The summed E-state index contributed by atoms with van der Waals surface area (Å²) < 4.78 is 26.6. The van der Waals surface area contributed by atoms with E-state index in [1.165, 1.54) is 19.4 Å². The highest BCUT2D eigenvalue weighted by Gasteiger charge is 2.21. The molecule has 0 bridgehead atoms. The Morgan fingerprint density at radius 3 is 2.70 bits per heavy atom. The molecule has 0 amide bonds. The first-order valence-corrected chi connectivity index (χ1v) is 6.91. The third-order valence-corrected chi connectivity index (χ3v) is 3.86. The number of non-ortho nitro benzene ring substituents is 1. The number of nitro benzene ring substituents is 1. The summed E-state index contributed by atoms with van der Waals surface area (Å²) in [7, 11) is -2.42. The SMILES string of the molecule is CNc1cc([N+](=O)[O-])ccc1S(=O)(=O)Nc1ncc[nH]1. The van der Waals surface area contributed by atoms with E-state index in [1.807, 2.05) is 0 Å². The van der Waals surface area contributed by atoms with Crippen LogP contribution in [0.3, 0.4) is 0 Å². The number of nitro groups is 1. The minimum atomic E-state index is -3.90. The van der Waals surface area contributed by atoms with Crippen LogP contribution in [0.4, 0.5) is 17.3 Å². The van der Waals surface area contributed by atoms with E-state index in [4.69, 9.17) is 0 Å². The Hall–Kier alpha value is -2.62. The van der Waals surface area contributed by atoms with Crippen molar-refractivity contribution in [2.24, 2.45) is 0 Å². The normalized spacial score (nSPS) is 11.1. The summed E-state index contributed by atoms with van der Waals surface area (Å²) in [5.74, 6) is 0.0606. The number of hydrogen-bond acceptors (Lipinski definition) is 6. The molecule has 0 radical (unpaired) electrons. The van der Waals surface area contributed by atoms with Crippen LogP contribution in [0.15, 0.2) is 35.5 Å². The van der Waals surface area contributed by atoms with E-state index >= 15 is 0 Å². The smallest absolute Gasteiger partial charge is 0.271 e. The van der Waals surface area contributed by atoms with Gasteiger partial charge in [0, 0.05) is 31.6 Å². The van der Waals surface area contributed by atoms with Crippen LogP contribution < -0.4 is 10.0 Å². The third kappa shape index (κ3) is 2.69. The van der Waals surface area contributed by atoms with Crippen molar-refractivity contribution in [1.82, 2.24) is 9.97 Å². The van der Waals surface area contributed by atoms with E-state index in [0.717, 1.165) is 18.2 Å². The minimum Gasteiger partial charge on any atom is -0.387 e. The molecule has 9 nitrogen and oxygen atoms in total. The van der Waals surface area contributed by atoms with Gasteiger partial charge in [0.2, 0.25) is 5.95 Å². The fourth-order valence-electron chi connectivity index (χ4n) is 1.56. The molecule has 0 saturated heterocycles. The number of H-pyrrole nitrogens is 1. The highest BCUT2D eigenvalue weighted by atomic mass is 32.2. The molecule has 106 valence electrons. The highest BCUT2D eigenvalue weighted by Crippen LogP contribution is 2.27. The molecule has 0 aliphatic rings. The average Bonchev–Trinajstić information content (AvgIpc) is 2.89. The monoisotopic (exact) mass is 297 g/mol. The van der Waals surface area contributed by atoms with Crippen molar-refractivity contribution in [2.75, 3.05) is 17.1 Å². The number of imidazole rings is 1. The first kappa shape index (κ1) is 13.8. The van der Waals surface area contributed by atoms with Gasteiger partial charge in [-0.3, -0.25) is 10.1 Å². The first-order valence-electron chi connectivity index (χ1n) is 5.42. The lowest BCUT2D eigenvalue weighted by Crippen LogP contribution is -2.15. The summed E-state index contributed by atoms with van der Waals surface area (Å²) in [6.45, 7) is 0. The Balaban J connectivity index is 2.43. The predicted molar refractivity (Wildman–Crippen MR) is 72.0 cm³/mol. The van der Waals surface area contributed by atoms with Crippen LogP contribution in [0, 0.1) is 10.1 Å². The van der Waals surface area contributed by atoms with Gasteiger partial charge in [-0.1, -0.05) is 0 Å². The van der Waals surface area contributed by atoms with E-state index in [-0.39, 0.29) is 22.2 Å². The zero-order chi connectivity index (χ0) is 14.8. The number of hydrogen-bond donors (Lipinski definition) is 3. The second-order valence-corrected chi connectivity index (χ2v) is 5.38. The van der Waals surface area contributed by atoms with Crippen molar-refractivity contribution < 1.29 is 13.3 Å². The molecule has 1 aromatic heterocycles. The van der Waals surface area contributed by atoms with Crippen LogP contribution in [0.2, 0.25) is 0 Å². The van der Waals surface area contributed by atoms with Crippen molar-refractivity contribution in [3.63, 3.8) is 0 Å². The molecule has 3 N–H and O–H groups in total. The Morgan fingerprint density at radius 1 is 1.40 bits per heavy atom. The number of sulfonamides is 1. The van der Waals surface area contributed by atoms with Gasteiger partial charge in [-0.05, 0) is 6.07 Å². The molecule has 2 rings (SSSR count). The van der Waals surface area contributed by atoms with Crippen LogP contribution in [-0.2, 0) is 10.0 Å². The summed E-state index contributed by atoms with van der Waals surface area (Å²) in [4.78, 5) is 16.3. The first-order chi connectivity index (χ1) is 9.44. The summed E-state index contributed by atoms with van der Waals surface area (Å²) in [5.41, 5.74) is -0.0791. The zero-order valence-corrected chi connectivity index (χ0v) is 11.1. The number of rotatable bonds is 5. The fourth-order valence-corrected chi connectivity index (χ4v) is 2.74. The molecule has 2 aromatic rings. The summed E-state index contributed by atoms with van der Waals surface area (Å²) in [5, 5.41) is 13.3. The van der Waals surface area contributed by atoms with Crippen LogP contribution >= 0.6 is 0 Å². The van der Waals surface area contributed by atoms with Gasteiger partial charge in [-0.2, -0.15) is 0 Å². The van der Waals surface area contributed by atoms with Gasteiger partial charge in [0.05, 0.1) is 10.6 Å².